The summed E-state index contributed by atoms with van der Waals surface area (Å²) in [4.78, 5) is 0. The number of hydrogen-bond acceptors (Lipinski definition) is 0. The van der Waals surface area contributed by atoms with Crippen molar-refractivity contribution in [1.82, 2.24) is 0 Å². The Morgan fingerprint density at radius 3 is 1.90 bits per heavy atom. The molecule has 1 fully saturated rings. The fraction of sp³-hybridized carbons (Fsp3) is 1.00. The Morgan fingerprint density at radius 1 is 1.10 bits per heavy atom. The fourth-order valence-corrected chi connectivity index (χ4v) is 4.22. The van der Waals surface area contributed by atoms with Gasteiger partial charge in [-0.05, 0) is 5.54 Å². The average Bonchev–Trinajstić information content (AvgIpc) is 1.88. The molecule has 0 aliphatic heterocycles. The Balaban J connectivity index is 2.39. The molecule has 0 aromatic heterocycles. The normalized spacial score (nSPS) is 23.1. The first-order valence-corrected chi connectivity index (χ1v) is 8.38. The second-order valence-electron chi connectivity index (χ2n) is 3.90. The zero-order chi connectivity index (χ0) is 7.61. The van der Waals surface area contributed by atoms with Crippen molar-refractivity contribution in [2.45, 2.75) is 50.7 Å². The van der Waals surface area contributed by atoms with E-state index in [1.807, 2.05) is 0 Å². The minimum atomic E-state index is -1.28. The van der Waals surface area contributed by atoms with E-state index in [-0.39, 0.29) is 0 Å². The molecular weight excluding hydrogens is 160 g/mol. The number of rotatable bonds is 1. The van der Waals surface area contributed by atoms with Gasteiger partial charge in [-0.2, -0.15) is 11.1 Å². The number of halogens is 1. The highest BCUT2D eigenvalue weighted by molar-refractivity contribution is 7.19. The van der Waals surface area contributed by atoms with Gasteiger partial charge in [-0.25, -0.2) is 0 Å². The van der Waals surface area contributed by atoms with Gasteiger partial charge in [0.05, 0.1) is 0 Å². The summed E-state index contributed by atoms with van der Waals surface area (Å²) in [5, 5.41) is 0. The molecule has 0 N–H and O–H groups in total. The van der Waals surface area contributed by atoms with Crippen molar-refractivity contribution in [3.8, 4) is 0 Å². The summed E-state index contributed by atoms with van der Waals surface area (Å²) in [5.41, 5.74) is 0.905. The van der Waals surface area contributed by atoms with Crippen LogP contribution in [-0.2, 0) is 0 Å². The minimum Gasteiger partial charge on any atom is -0.167 e. The van der Waals surface area contributed by atoms with E-state index in [1.165, 1.54) is 32.1 Å². The maximum atomic E-state index is 6.35. The summed E-state index contributed by atoms with van der Waals surface area (Å²) in [5.74, 6) is 0. The Labute approximate surface area is 69.7 Å². The minimum absolute atomic E-state index is 0.905. The third-order valence-corrected chi connectivity index (χ3v) is 6.02. The predicted molar refractivity (Wildman–Crippen MR) is 50.2 cm³/mol. The largest absolute Gasteiger partial charge is 0.167 e. The van der Waals surface area contributed by atoms with Gasteiger partial charge in [0.15, 0.2) is 7.38 Å². The van der Waals surface area contributed by atoms with Gasteiger partial charge in [0.25, 0.3) is 0 Å². The zero-order valence-electron chi connectivity index (χ0n) is 6.99. The molecule has 1 aliphatic rings. The second kappa shape index (κ2) is 3.27. The van der Waals surface area contributed by atoms with Gasteiger partial charge >= 0.3 is 0 Å². The lowest BCUT2D eigenvalue weighted by atomic mass is 10.0. The molecule has 0 bridgehead atoms. The highest BCUT2D eigenvalue weighted by Crippen LogP contribution is 2.38. The molecule has 0 saturated heterocycles. The van der Waals surface area contributed by atoms with Crippen molar-refractivity contribution in [2.75, 3.05) is 0 Å². The van der Waals surface area contributed by atoms with Crippen molar-refractivity contribution in [3.63, 3.8) is 0 Å². The van der Waals surface area contributed by atoms with Gasteiger partial charge in [0, 0.05) is 0 Å². The Kier molecular flexibility index (Phi) is 2.81. The predicted octanol–water partition coefficient (Wildman–Crippen LogP) is 3.76. The standard InChI is InChI=1S/C8H17ClSi/c1-10(2,9)8-6-4-3-5-7-8/h8H,3-7H2,1-2H3. The van der Waals surface area contributed by atoms with Crippen molar-refractivity contribution < 1.29 is 0 Å². The molecule has 0 unspecified atom stereocenters. The molecule has 0 atom stereocenters. The Morgan fingerprint density at radius 2 is 1.60 bits per heavy atom. The summed E-state index contributed by atoms with van der Waals surface area (Å²) in [7, 11) is -1.28. The molecule has 0 heterocycles. The van der Waals surface area contributed by atoms with Crippen molar-refractivity contribution >= 4 is 18.5 Å². The first-order valence-electron chi connectivity index (χ1n) is 4.29. The van der Waals surface area contributed by atoms with Crippen LogP contribution in [0.4, 0.5) is 0 Å². The lowest BCUT2D eigenvalue weighted by Crippen LogP contribution is -2.26. The van der Waals surface area contributed by atoms with E-state index in [1.54, 1.807) is 0 Å². The van der Waals surface area contributed by atoms with Crippen LogP contribution in [0.3, 0.4) is 0 Å². The maximum absolute atomic E-state index is 6.35. The molecule has 0 nitrogen and oxygen atoms in total. The highest BCUT2D eigenvalue weighted by Gasteiger charge is 2.30. The maximum Gasteiger partial charge on any atom is 0.153 e. The van der Waals surface area contributed by atoms with Crippen LogP contribution in [0.5, 0.6) is 0 Å². The van der Waals surface area contributed by atoms with E-state index in [0.717, 1.165) is 5.54 Å². The second-order valence-corrected chi connectivity index (χ2v) is 10.8. The molecule has 1 saturated carbocycles. The van der Waals surface area contributed by atoms with E-state index in [0.29, 0.717) is 0 Å². The molecule has 0 aromatic carbocycles. The first kappa shape index (κ1) is 8.60. The summed E-state index contributed by atoms with van der Waals surface area (Å²) >= 11 is 6.35. The van der Waals surface area contributed by atoms with Crippen molar-refractivity contribution in [1.29, 1.82) is 0 Å². The van der Waals surface area contributed by atoms with Crippen LogP contribution in [-0.4, -0.2) is 7.38 Å². The highest BCUT2D eigenvalue weighted by atomic mass is 35.6. The van der Waals surface area contributed by atoms with Gasteiger partial charge in [-0.1, -0.05) is 45.2 Å². The molecule has 1 aliphatic carbocycles. The van der Waals surface area contributed by atoms with E-state index in [4.69, 9.17) is 11.1 Å². The Bertz CT molecular complexity index is 100. The lowest BCUT2D eigenvalue weighted by molar-refractivity contribution is 0.496. The molecular formula is C8H17ClSi. The molecule has 0 spiro atoms. The van der Waals surface area contributed by atoms with Crippen molar-refractivity contribution in [3.05, 3.63) is 0 Å². The smallest absolute Gasteiger partial charge is 0.153 e. The van der Waals surface area contributed by atoms with Crippen LogP contribution in [0, 0.1) is 0 Å². The topological polar surface area (TPSA) is 0 Å². The molecule has 1 rings (SSSR count). The van der Waals surface area contributed by atoms with Crippen LogP contribution in [0.1, 0.15) is 32.1 Å². The molecule has 10 heavy (non-hydrogen) atoms. The summed E-state index contributed by atoms with van der Waals surface area (Å²) in [6, 6.07) is 0. The molecule has 0 amide bonds. The van der Waals surface area contributed by atoms with Gasteiger partial charge in [0.2, 0.25) is 0 Å². The average molecular weight is 177 g/mol. The van der Waals surface area contributed by atoms with Crippen LogP contribution in [0.15, 0.2) is 0 Å². The fourth-order valence-electron chi connectivity index (χ4n) is 1.79. The molecule has 2 heteroatoms. The lowest BCUT2D eigenvalue weighted by Gasteiger charge is -2.29. The van der Waals surface area contributed by atoms with E-state index < -0.39 is 7.38 Å². The SMILES string of the molecule is C[Si](C)(Cl)C1CCCCC1. The first-order chi connectivity index (χ1) is 4.61. The van der Waals surface area contributed by atoms with Gasteiger partial charge < -0.3 is 0 Å². The van der Waals surface area contributed by atoms with Gasteiger partial charge in [-0.3, -0.25) is 0 Å². The third kappa shape index (κ3) is 2.28. The van der Waals surface area contributed by atoms with Gasteiger partial charge in [0.1, 0.15) is 0 Å². The van der Waals surface area contributed by atoms with Crippen LogP contribution in [0.2, 0.25) is 18.6 Å². The molecule has 0 aromatic rings. The van der Waals surface area contributed by atoms with Crippen LogP contribution >= 0.6 is 11.1 Å². The molecule has 60 valence electrons. The van der Waals surface area contributed by atoms with E-state index in [9.17, 15) is 0 Å². The number of hydrogen-bond donors (Lipinski definition) is 0. The molecule has 0 radical (unpaired) electrons. The summed E-state index contributed by atoms with van der Waals surface area (Å²) in [6.45, 7) is 4.56. The van der Waals surface area contributed by atoms with Gasteiger partial charge in [-0.15, -0.1) is 0 Å². The van der Waals surface area contributed by atoms with Crippen LogP contribution in [0.25, 0.3) is 0 Å². The summed E-state index contributed by atoms with van der Waals surface area (Å²) < 4.78 is 0. The van der Waals surface area contributed by atoms with E-state index >= 15 is 0 Å². The monoisotopic (exact) mass is 176 g/mol. The third-order valence-electron chi connectivity index (χ3n) is 2.58. The Hall–Kier alpha value is 0.507. The zero-order valence-corrected chi connectivity index (χ0v) is 8.75. The quantitative estimate of drug-likeness (QED) is 0.422. The van der Waals surface area contributed by atoms with Crippen molar-refractivity contribution in [2.24, 2.45) is 0 Å². The van der Waals surface area contributed by atoms with E-state index in [2.05, 4.69) is 13.1 Å². The van der Waals surface area contributed by atoms with Crippen LogP contribution < -0.4 is 0 Å². The summed E-state index contributed by atoms with van der Waals surface area (Å²) in [6.07, 6.45) is 7.10.